The van der Waals surface area contributed by atoms with Crippen LogP contribution in [0.3, 0.4) is 0 Å². The van der Waals surface area contributed by atoms with E-state index in [2.05, 4.69) is 15.6 Å². The van der Waals surface area contributed by atoms with Gasteiger partial charge in [-0.25, -0.2) is 4.79 Å². The average molecular weight is 379 g/mol. The SMILES string of the molecule is CC(C)OC(=O)Cc1[nH]c2ccccc2c1CCNC(=O)Nc1ccccc1. The van der Waals surface area contributed by atoms with E-state index in [1.807, 2.05) is 68.4 Å². The molecule has 1 heterocycles. The molecule has 28 heavy (non-hydrogen) atoms. The second kappa shape index (κ2) is 9.08. The zero-order valence-electron chi connectivity index (χ0n) is 16.1. The van der Waals surface area contributed by atoms with Crippen LogP contribution in [0.15, 0.2) is 54.6 Å². The Hall–Kier alpha value is -3.28. The van der Waals surface area contributed by atoms with Crippen LogP contribution in [0, 0.1) is 0 Å². The van der Waals surface area contributed by atoms with Gasteiger partial charge >= 0.3 is 12.0 Å². The molecule has 0 bridgehead atoms. The van der Waals surface area contributed by atoms with E-state index in [0.29, 0.717) is 13.0 Å². The highest BCUT2D eigenvalue weighted by molar-refractivity contribution is 5.89. The number of nitrogens with one attached hydrogen (secondary N) is 3. The normalized spacial score (nSPS) is 10.8. The van der Waals surface area contributed by atoms with Gasteiger partial charge in [-0.3, -0.25) is 4.79 Å². The Morgan fingerprint density at radius 1 is 1.04 bits per heavy atom. The first-order valence-corrected chi connectivity index (χ1v) is 9.41. The van der Waals surface area contributed by atoms with E-state index >= 15 is 0 Å². The zero-order valence-corrected chi connectivity index (χ0v) is 16.1. The highest BCUT2D eigenvalue weighted by Crippen LogP contribution is 2.23. The Labute approximate surface area is 164 Å². The van der Waals surface area contributed by atoms with Gasteiger partial charge in [0.05, 0.1) is 12.5 Å². The second-order valence-corrected chi connectivity index (χ2v) is 6.84. The Morgan fingerprint density at radius 2 is 1.75 bits per heavy atom. The number of ether oxygens (including phenoxy) is 1. The largest absolute Gasteiger partial charge is 0.463 e. The van der Waals surface area contributed by atoms with Crippen LogP contribution < -0.4 is 10.6 Å². The predicted octanol–water partition coefficient (Wildman–Crippen LogP) is 4.03. The molecule has 0 unspecified atom stereocenters. The number of benzene rings is 2. The van der Waals surface area contributed by atoms with Gasteiger partial charge in [-0.2, -0.15) is 0 Å². The molecule has 0 saturated heterocycles. The number of carbonyl (C=O) groups excluding carboxylic acids is 2. The van der Waals surface area contributed by atoms with E-state index in [-0.39, 0.29) is 24.5 Å². The zero-order chi connectivity index (χ0) is 19.9. The summed E-state index contributed by atoms with van der Waals surface area (Å²) in [5, 5.41) is 6.72. The lowest BCUT2D eigenvalue weighted by molar-refractivity contribution is -0.146. The number of aromatic amines is 1. The molecule has 0 aliphatic rings. The number of rotatable bonds is 7. The van der Waals surface area contributed by atoms with E-state index < -0.39 is 0 Å². The number of hydrogen-bond donors (Lipinski definition) is 3. The van der Waals surface area contributed by atoms with Gasteiger partial charge < -0.3 is 20.4 Å². The Kier molecular flexibility index (Phi) is 6.32. The first kappa shape index (κ1) is 19.5. The van der Waals surface area contributed by atoms with Crippen LogP contribution in [0.4, 0.5) is 10.5 Å². The van der Waals surface area contributed by atoms with Gasteiger partial charge in [-0.15, -0.1) is 0 Å². The number of para-hydroxylation sites is 2. The van der Waals surface area contributed by atoms with E-state index in [0.717, 1.165) is 27.8 Å². The minimum absolute atomic E-state index is 0.149. The summed E-state index contributed by atoms with van der Waals surface area (Å²) in [6.07, 6.45) is 0.637. The number of esters is 1. The molecule has 3 rings (SSSR count). The molecule has 0 aliphatic heterocycles. The minimum atomic E-state index is -0.266. The van der Waals surface area contributed by atoms with Gasteiger partial charge in [-0.05, 0) is 44.0 Å². The maximum Gasteiger partial charge on any atom is 0.319 e. The molecular weight excluding hydrogens is 354 g/mol. The third-order valence-corrected chi connectivity index (χ3v) is 4.28. The van der Waals surface area contributed by atoms with Crippen LogP contribution in [-0.4, -0.2) is 29.6 Å². The summed E-state index contributed by atoms with van der Waals surface area (Å²) < 4.78 is 5.28. The summed E-state index contributed by atoms with van der Waals surface area (Å²) >= 11 is 0. The van der Waals surface area contributed by atoms with Gasteiger partial charge in [0.15, 0.2) is 0 Å². The van der Waals surface area contributed by atoms with Crippen LogP contribution in [0.5, 0.6) is 0 Å². The molecule has 0 atom stereocenters. The smallest absolute Gasteiger partial charge is 0.319 e. The van der Waals surface area contributed by atoms with Gasteiger partial charge in [0.2, 0.25) is 0 Å². The topological polar surface area (TPSA) is 83.2 Å². The van der Waals surface area contributed by atoms with E-state index in [9.17, 15) is 9.59 Å². The number of carbonyl (C=O) groups is 2. The molecule has 0 fully saturated rings. The van der Waals surface area contributed by atoms with Crippen molar-refractivity contribution in [2.24, 2.45) is 0 Å². The molecule has 0 aliphatic carbocycles. The highest BCUT2D eigenvalue weighted by Gasteiger charge is 2.16. The minimum Gasteiger partial charge on any atom is -0.463 e. The summed E-state index contributed by atoms with van der Waals surface area (Å²) in [6, 6.07) is 16.9. The summed E-state index contributed by atoms with van der Waals surface area (Å²) in [5.74, 6) is -0.266. The van der Waals surface area contributed by atoms with Crippen molar-refractivity contribution in [1.82, 2.24) is 10.3 Å². The Bertz CT molecular complexity index is 948. The molecule has 0 radical (unpaired) electrons. The molecule has 3 aromatic rings. The van der Waals surface area contributed by atoms with E-state index in [4.69, 9.17) is 4.74 Å². The fourth-order valence-electron chi connectivity index (χ4n) is 3.14. The number of amides is 2. The van der Waals surface area contributed by atoms with Crippen molar-refractivity contribution in [2.75, 3.05) is 11.9 Å². The molecule has 2 aromatic carbocycles. The second-order valence-electron chi connectivity index (χ2n) is 6.84. The molecule has 6 heteroatoms. The van der Waals surface area contributed by atoms with E-state index in [1.54, 1.807) is 0 Å². The maximum atomic E-state index is 12.1. The van der Waals surface area contributed by atoms with Crippen LogP contribution in [0.1, 0.15) is 25.1 Å². The average Bonchev–Trinajstić information content (AvgIpc) is 2.99. The number of H-pyrrole nitrogens is 1. The summed E-state index contributed by atoms with van der Waals surface area (Å²) in [6.45, 7) is 4.12. The third-order valence-electron chi connectivity index (χ3n) is 4.28. The monoisotopic (exact) mass is 379 g/mol. The predicted molar refractivity (Wildman–Crippen MR) is 110 cm³/mol. The fraction of sp³-hybridized carbons (Fsp3) is 0.273. The lowest BCUT2D eigenvalue weighted by atomic mass is 10.1. The molecule has 3 N–H and O–H groups in total. The standard InChI is InChI=1S/C22H25N3O3/c1-15(2)28-21(26)14-20-18(17-10-6-7-11-19(17)25-20)12-13-23-22(27)24-16-8-4-3-5-9-16/h3-11,15,25H,12-14H2,1-2H3,(H2,23,24,27). The molecule has 146 valence electrons. The van der Waals surface area contributed by atoms with Gasteiger partial charge in [-0.1, -0.05) is 36.4 Å². The lowest BCUT2D eigenvalue weighted by Crippen LogP contribution is -2.30. The lowest BCUT2D eigenvalue weighted by Gasteiger charge is -2.10. The number of fused-ring (bicyclic) bond motifs is 1. The number of urea groups is 1. The molecule has 1 aromatic heterocycles. The van der Waals surface area contributed by atoms with Crippen molar-refractivity contribution in [3.8, 4) is 0 Å². The van der Waals surface area contributed by atoms with Crippen molar-refractivity contribution in [1.29, 1.82) is 0 Å². The van der Waals surface area contributed by atoms with Crippen LogP contribution >= 0.6 is 0 Å². The van der Waals surface area contributed by atoms with Crippen molar-refractivity contribution < 1.29 is 14.3 Å². The molecule has 6 nitrogen and oxygen atoms in total. The van der Waals surface area contributed by atoms with Gasteiger partial charge in [0.25, 0.3) is 0 Å². The quantitative estimate of drug-likeness (QED) is 0.542. The molecule has 2 amide bonds. The van der Waals surface area contributed by atoms with E-state index in [1.165, 1.54) is 0 Å². The fourth-order valence-corrected chi connectivity index (χ4v) is 3.14. The van der Waals surface area contributed by atoms with Crippen molar-refractivity contribution in [3.63, 3.8) is 0 Å². The molecular formula is C22H25N3O3. The van der Waals surface area contributed by atoms with Gasteiger partial charge in [0, 0.05) is 28.8 Å². The maximum absolute atomic E-state index is 12.1. The summed E-state index contributed by atoms with van der Waals surface area (Å²) in [5.41, 5.74) is 3.57. The number of hydrogen-bond acceptors (Lipinski definition) is 3. The highest BCUT2D eigenvalue weighted by atomic mass is 16.5. The Morgan fingerprint density at radius 3 is 2.50 bits per heavy atom. The molecule has 0 spiro atoms. The Balaban J connectivity index is 1.66. The van der Waals surface area contributed by atoms with Crippen LogP contribution in [0.2, 0.25) is 0 Å². The van der Waals surface area contributed by atoms with Crippen LogP contribution in [0.25, 0.3) is 10.9 Å². The van der Waals surface area contributed by atoms with Gasteiger partial charge in [0.1, 0.15) is 0 Å². The summed E-state index contributed by atoms with van der Waals surface area (Å²) in [7, 11) is 0. The van der Waals surface area contributed by atoms with Crippen LogP contribution in [-0.2, 0) is 22.4 Å². The summed E-state index contributed by atoms with van der Waals surface area (Å²) in [4.78, 5) is 27.5. The number of aromatic nitrogens is 1. The van der Waals surface area contributed by atoms with Crippen molar-refractivity contribution in [3.05, 3.63) is 65.9 Å². The molecule has 0 saturated carbocycles. The first-order valence-electron chi connectivity index (χ1n) is 9.41. The first-order chi connectivity index (χ1) is 13.5. The van der Waals surface area contributed by atoms with Crippen molar-refractivity contribution in [2.45, 2.75) is 32.8 Å². The van der Waals surface area contributed by atoms with Crippen molar-refractivity contribution >= 4 is 28.6 Å². The third kappa shape index (κ3) is 5.13. The number of anilines is 1.